The third kappa shape index (κ3) is 2.86. The van der Waals surface area contributed by atoms with Gasteiger partial charge in [-0.15, -0.1) is 0 Å². The lowest BCUT2D eigenvalue weighted by molar-refractivity contribution is 0.0942. The predicted octanol–water partition coefficient (Wildman–Crippen LogP) is 1.53. The Morgan fingerprint density at radius 1 is 1.62 bits per heavy atom. The molecule has 1 atom stereocenters. The maximum absolute atomic E-state index is 9.42. The van der Waals surface area contributed by atoms with E-state index in [2.05, 4.69) is 5.32 Å². The first-order chi connectivity index (χ1) is 6.02. The summed E-state index contributed by atoms with van der Waals surface area (Å²) in [4.78, 5) is 0. The van der Waals surface area contributed by atoms with Crippen LogP contribution in [0.25, 0.3) is 0 Å². The second kappa shape index (κ2) is 3.94. The zero-order valence-electron chi connectivity index (χ0n) is 8.37. The van der Waals surface area contributed by atoms with Gasteiger partial charge in [-0.1, -0.05) is 0 Å². The zero-order valence-corrected chi connectivity index (χ0v) is 8.37. The summed E-state index contributed by atoms with van der Waals surface area (Å²) in [5.74, 6) is 0.883. The van der Waals surface area contributed by atoms with Crippen molar-refractivity contribution in [2.75, 3.05) is 0 Å². The van der Waals surface area contributed by atoms with Crippen molar-refractivity contribution in [2.45, 2.75) is 39.0 Å². The summed E-state index contributed by atoms with van der Waals surface area (Å²) in [6.45, 7) is 6.33. The van der Waals surface area contributed by atoms with Gasteiger partial charge in [-0.05, 0) is 32.9 Å². The first-order valence-corrected chi connectivity index (χ1v) is 4.48. The fourth-order valence-electron chi connectivity index (χ4n) is 0.876. The molecule has 0 aliphatic heterocycles. The Bertz CT molecular complexity index is 239. The minimum Gasteiger partial charge on any atom is -0.468 e. The monoisotopic (exact) mass is 183 g/mol. The summed E-state index contributed by atoms with van der Waals surface area (Å²) in [5, 5.41) is 12.6. The maximum atomic E-state index is 9.42. The molecule has 0 aromatic carbocycles. The lowest BCUT2D eigenvalue weighted by Crippen LogP contribution is -2.47. The van der Waals surface area contributed by atoms with Crippen LogP contribution in [0.2, 0.25) is 0 Å². The van der Waals surface area contributed by atoms with Crippen LogP contribution in [0, 0.1) is 0 Å². The van der Waals surface area contributed by atoms with Gasteiger partial charge in [-0.25, -0.2) is 0 Å². The van der Waals surface area contributed by atoms with Gasteiger partial charge in [0.05, 0.1) is 18.9 Å². The van der Waals surface area contributed by atoms with Crippen LogP contribution >= 0.6 is 0 Å². The van der Waals surface area contributed by atoms with Gasteiger partial charge >= 0.3 is 0 Å². The highest BCUT2D eigenvalue weighted by Crippen LogP contribution is 2.10. The molecule has 1 unspecified atom stereocenters. The molecule has 3 nitrogen and oxygen atoms in total. The molecule has 0 radical (unpaired) electrons. The molecule has 0 aliphatic carbocycles. The van der Waals surface area contributed by atoms with E-state index < -0.39 is 0 Å². The average molecular weight is 183 g/mol. The Hall–Kier alpha value is -0.800. The molecule has 1 aromatic heterocycles. The molecule has 1 heterocycles. The molecule has 74 valence electrons. The lowest BCUT2D eigenvalue weighted by Gasteiger charge is -2.29. The van der Waals surface area contributed by atoms with Crippen LogP contribution in [0.15, 0.2) is 22.8 Å². The van der Waals surface area contributed by atoms with Crippen molar-refractivity contribution in [1.82, 2.24) is 5.32 Å². The largest absolute Gasteiger partial charge is 0.468 e. The molecular formula is C10H17NO2. The van der Waals surface area contributed by atoms with Gasteiger partial charge in [0.2, 0.25) is 0 Å². The number of aliphatic hydroxyl groups is 1. The standard InChI is InChI=1S/C10H17NO2/c1-8(12)10(2,3)11-7-9-5-4-6-13-9/h4-6,8,11-12H,7H2,1-3H3. The highest BCUT2D eigenvalue weighted by Gasteiger charge is 2.23. The summed E-state index contributed by atoms with van der Waals surface area (Å²) in [6, 6.07) is 3.76. The molecule has 2 N–H and O–H groups in total. The van der Waals surface area contributed by atoms with E-state index >= 15 is 0 Å². The van der Waals surface area contributed by atoms with Gasteiger partial charge in [0.1, 0.15) is 5.76 Å². The van der Waals surface area contributed by atoms with E-state index in [0.29, 0.717) is 6.54 Å². The lowest BCUT2D eigenvalue weighted by atomic mass is 9.99. The van der Waals surface area contributed by atoms with E-state index in [4.69, 9.17) is 4.42 Å². The molecule has 1 rings (SSSR count). The second-order valence-electron chi connectivity index (χ2n) is 3.83. The highest BCUT2D eigenvalue weighted by molar-refractivity contribution is 4.99. The van der Waals surface area contributed by atoms with E-state index in [-0.39, 0.29) is 11.6 Å². The maximum Gasteiger partial charge on any atom is 0.117 e. The first-order valence-electron chi connectivity index (χ1n) is 4.48. The smallest absolute Gasteiger partial charge is 0.117 e. The van der Waals surface area contributed by atoms with Crippen molar-refractivity contribution in [3.05, 3.63) is 24.2 Å². The molecule has 0 fully saturated rings. The van der Waals surface area contributed by atoms with Crippen molar-refractivity contribution in [2.24, 2.45) is 0 Å². The Morgan fingerprint density at radius 2 is 2.31 bits per heavy atom. The fraction of sp³-hybridized carbons (Fsp3) is 0.600. The van der Waals surface area contributed by atoms with Crippen LogP contribution in [0.5, 0.6) is 0 Å². The molecule has 0 aliphatic rings. The number of furan rings is 1. The predicted molar refractivity (Wildman–Crippen MR) is 51.3 cm³/mol. The number of nitrogens with one attached hydrogen (secondary N) is 1. The van der Waals surface area contributed by atoms with Crippen LogP contribution in [0.4, 0.5) is 0 Å². The molecule has 0 bridgehead atoms. The van der Waals surface area contributed by atoms with Crippen LogP contribution in [0.1, 0.15) is 26.5 Å². The van der Waals surface area contributed by atoms with Crippen LogP contribution < -0.4 is 5.32 Å². The zero-order chi connectivity index (χ0) is 9.90. The molecule has 1 aromatic rings. The van der Waals surface area contributed by atoms with Gasteiger partial charge in [0, 0.05) is 5.54 Å². The Labute approximate surface area is 78.8 Å². The van der Waals surface area contributed by atoms with Gasteiger partial charge in [0.25, 0.3) is 0 Å². The number of hydrogen-bond acceptors (Lipinski definition) is 3. The minimum atomic E-state index is -0.387. The summed E-state index contributed by atoms with van der Waals surface area (Å²) in [6.07, 6.45) is 1.26. The number of hydrogen-bond donors (Lipinski definition) is 2. The fourth-order valence-corrected chi connectivity index (χ4v) is 0.876. The van der Waals surface area contributed by atoms with Crippen molar-refractivity contribution in [3.63, 3.8) is 0 Å². The van der Waals surface area contributed by atoms with E-state index in [1.54, 1.807) is 13.2 Å². The quantitative estimate of drug-likeness (QED) is 0.744. The summed E-state index contributed by atoms with van der Waals surface area (Å²) in [7, 11) is 0. The molecule has 0 amide bonds. The van der Waals surface area contributed by atoms with Crippen molar-refractivity contribution in [3.8, 4) is 0 Å². The van der Waals surface area contributed by atoms with Crippen LogP contribution in [-0.2, 0) is 6.54 Å². The van der Waals surface area contributed by atoms with Gasteiger partial charge < -0.3 is 14.8 Å². The Balaban J connectivity index is 2.42. The topological polar surface area (TPSA) is 45.4 Å². The van der Waals surface area contributed by atoms with E-state index in [1.165, 1.54) is 0 Å². The van der Waals surface area contributed by atoms with E-state index in [1.807, 2.05) is 26.0 Å². The van der Waals surface area contributed by atoms with Crippen molar-refractivity contribution >= 4 is 0 Å². The Kier molecular flexibility index (Phi) is 3.12. The Morgan fingerprint density at radius 3 is 2.77 bits per heavy atom. The van der Waals surface area contributed by atoms with Crippen LogP contribution in [-0.4, -0.2) is 16.7 Å². The van der Waals surface area contributed by atoms with Crippen molar-refractivity contribution in [1.29, 1.82) is 0 Å². The van der Waals surface area contributed by atoms with E-state index in [9.17, 15) is 5.11 Å². The third-order valence-corrected chi connectivity index (χ3v) is 2.34. The molecule has 13 heavy (non-hydrogen) atoms. The highest BCUT2D eigenvalue weighted by atomic mass is 16.3. The van der Waals surface area contributed by atoms with Gasteiger partial charge in [0.15, 0.2) is 0 Å². The molecule has 3 heteroatoms. The second-order valence-corrected chi connectivity index (χ2v) is 3.83. The van der Waals surface area contributed by atoms with E-state index in [0.717, 1.165) is 5.76 Å². The normalized spacial score (nSPS) is 14.5. The number of aliphatic hydroxyl groups excluding tert-OH is 1. The molecule has 0 spiro atoms. The molecule has 0 saturated heterocycles. The molecule has 0 saturated carbocycles. The van der Waals surface area contributed by atoms with Crippen molar-refractivity contribution < 1.29 is 9.52 Å². The summed E-state index contributed by atoms with van der Waals surface area (Å²) in [5.41, 5.74) is -0.285. The molecular weight excluding hydrogens is 166 g/mol. The number of rotatable bonds is 4. The minimum absolute atomic E-state index is 0.285. The third-order valence-electron chi connectivity index (χ3n) is 2.34. The van der Waals surface area contributed by atoms with Crippen LogP contribution in [0.3, 0.4) is 0 Å². The first kappa shape index (κ1) is 10.3. The van der Waals surface area contributed by atoms with Gasteiger partial charge in [-0.3, -0.25) is 0 Å². The van der Waals surface area contributed by atoms with Gasteiger partial charge in [-0.2, -0.15) is 0 Å². The summed E-state index contributed by atoms with van der Waals surface area (Å²) >= 11 is 0. The summed E-state index contributed by atoms with van der Waals surface area (Å²) < 4.78 is 5.16. The SMILES string of the molecule is CC(O)C(C)(C)NCc1ccco1. The average Bonchev–Trinajstić information content (AvgIpc) is 2.52.